The van der Waals surface area contributed by atoms with E-state index in [1.807, 2.05) is 6.07 Å². The zero-order chi connectivity index (χ0) is 21.0. The van der Waals surface area contributed by atoms with Crippen molar-refractivity contribution >= 4 is 16.7 Å². The van der Waals surface area contributed by atoms with E-state index >= 15 is 0 Å². The van der Waals surface area contributed by atoms with Gasteiger partial charge >= 0.3 is 0 Å². The molecule has 1 aromatic heterocycles. The number of aromatic nitrogens is 2. The zero-order valence-electron chi connectivity index (χ0n) is 16.8. The Hall–Kier alpha value is -3.55. The van der Waals surface area contributed by atoms with Gasteiger partial charge in [0, 0.05) is 19.0 Å². The van der Waals surface area contributed by atoms with Crippen molar-refractivity contribution in [2.45, 2.75) is 13.0 Å². The van der Waals surface area contributed by atoms with Crippen LogP contribution in [-0.4, -0.2) is 37.0 Å². The fraction of sp³-hybridized carbons (Fsp3) is 0.286. The molecule has 8 heteroatoms. The van der Waals surface area contributed by atoms with Crippen LogP contribution in [0.5, 0.6) is 17.2 Å². The van der Waals surface area contributed by atoms with Crippen LogP contribution in [0.1, 0.15) is 11.3 Å². The van der Waals surface area contributed by atoms with Crippen molar-refractivity contribution in [2.75, 3.05) is 21.3 Å². The highest BCUT2D eigenvalue weighted by Crippen LogP contribution is 2.38. The van der Waals surface area contributed by atoms with Crippen LogP contribution in [-0.2, 0) is 24.8 Å². The Labute approximate surface area is 168 Å². The van der Waals surface area contributed by atoms with E-state index in [0.717, 1.165) is 5.56 Å². The maximum absolute atomic E-state index is 12.5. The Morgan fingerprint density at radius 2 is 1.66 bits per heavy atom. The van der Waals surface area contributed by atoms with Crippen LogP contribution in [0.25, 0.3) is 10.8 Å². The normalized spacial score (nSPS) is 10.6. The number of aryl methyl sites for hydroxylation is 1. The third-order valence-corrected chi connectivity index (χ3v) is 4.58. The molecule has 152 valence electrons. The number of amides is 1. The van der Waals surface area contributed by atoms with Crippen LogP contribution in [0, 0.1) is 0 Å². The number of hydrogen-bond donors (Lipinski definition) is 1. The Balaban J connectivity index is 1.79. The minimum Gasteiger partial charge on any atom is -0.493 e. The number of ether oxygens (including phenoxy) is 3. The average molecular weight is 397 g/mol. The maximum atomic E-state index is 12.5. The van der Waals surface area contributed by atoms with Gasteiger partial charge in [-0.15, -0.1) is 0 Å². The summed E-state index contributed by atoms with van der Waals surface area (Å²) < 4.78 is 17.2. The van der Waals surface area contributed by atoms with Crippen LogP contribution in [0.3, 0.4) is 0 Å². The molecule has 0 atom stereocenters. The largest absolute Gasteiger partial charge is 0.493 e. The summed E-state index contributed by atoms with van der Waals surface area (Å²) in [6, 6.07) is 10.7. The van der Waals surface area contributed by atoms with Crippen molar-refractivity contribution in [3.63, 3.8) is 0 Å². The summed E-state index contributed by atoms with van der Waals surface area (Å²) in [5.74, 6) is 1.31. The molecule has 0 unspecified atom stereocenters. The third-order valence-electron chi connectivity index (χ3n) is 4.58. The summed E-state index contributed by atoms with van der Waals surface area (Å²) in [6.45, 7) is 0.277. The molecule has 0 saturated carbocycles. The molecule has 3 rings (SSSR count). The molecule has 0 radical (unpaired) electrons. The Bertz CT molecular complexity index is 1080. The van der Waals surface area contributed by atoms with Gasteiger partial charge in [-0.1, -0.05) is 18.2 Å². The van der Waals surface area contributed by atoms with Crippen molar-refractivity contribution in [1.82, 2.24) is 15.1 Å². The first-order valence-electron chi connectivity index (χ1n) is 8.99. The quantitative estimate of drug-likeness (QED) is 0.654. The van der Waals surface area contributed by atoms with Crippen molar-refractivity contribution in [2.24, 2.45) is 7.05 Å². The first kappa shape index (κ1) is 20.2. The number of rotatable bonds is 7. The Morgan fingerprint density at radius 1 is 1.03 bits per heavy atom. The lowest BCUT2D eigenvalue weighted by Gasteiger charge is -2.14. The highest BCUT2D eigenvalue weighted by atomic mass is 16.5. The fourth-order valence-electron chi connectivity index (χ4n) is 3.16. The van der Waals surface area contributed by atoms with Crippen LogP contribution in [0.15, 0.2) is 41.2 Å². The van der Waals surface area contributed by atoms with Gasteiger partial charge in [0.05, 0.1) is 38.8 Å². The summed E-state index contributed by atoms with van der Waals surface area (Å²) in [5, 5.41) is 8.35. The number of nitrogens with zero attached hydrogens (tertiary/aromatic N) is 2. The van der Waals surface area contributed by atoms with Crippen molar-refractivity contribution in [1.29, 1.82) is 0 Å². The molecular formula is C21H23N3O5. The summed E-state index contributed by atoms with van der Waals surface area (Å²) >= 11 is 0. The number of fused-ring (bicyclic) bond motifs is 1. The second-order valence-corrected chi connectivity index (χ2v) is 6.41. The van der Waals surface area contributed by atoms with Crippen molar-refractivity contribution < 1.29 is 19.0 Å². The van der Waals surface area contributed by atoms with Gasteiger partial charge in [-0.3, -0.25) is 9.59 Å². The Kier molecular flexibility index (Phi) is 6.01. The van der Waals surface area contributed by atoms with Gasteiger partial charge in [0.25, 0.3) is 5.56 Å². The van der Waals surface area contributed by atoms with E-state index in [1.165, 1.54) is 26.0 Å². The van der Waals surface area contributed by atoms with Crippen LogP contribution in [0.4, 0.5) is 0 Å². The van der Waals surface area contributed by atoms with E-state index in [2.05, 4.69) is 10.4 Å². The van der Waals surface area contributed by atoms with Gasteiger partial charge in [-0.05, 0) is 23.8 Å². The predicted molar refractivity (Wildman–Crippen MR) is 109 cm³/mol. The lowest BCUT2D eigenvalue weighted by atomic mass is 10.1. The third kappa shape index (κ3) is 4.16. The SMILES string of the molecule is COc1cc(CNC(=O)Cc2nn(C)c(=O)c3ccccc23)cc(OC)c1OC. The number of carbonyl (C=O) groups excluding carboxylic acids is 1. The Morgan fingerprint density at radius 3 is 2.24 bits per heavy atom. The number of hydrogen-bond acceptors (Lipinski definition) is 6. The molecule has 0 aliphatic carbocycles. The van der Waals surface area contributed by atoms with Gasteiger partial charge in [0.15, 0.2) is 11.5 Å². The van der Waals surface area contributed by atoms with Gasteiger partial charge < -0.3 is 19.5 Å². The van der Waals surface area contributed by atoms with E-state index in [1.54, 1.807) is 37.4 Å². The molecule has 0 aliphatic rings. The molecule has 0 bridgehead atoms. The topological polar surface area (TPSA) is 91.7 Å². The number of benzene rings is 2. The van der Waals surface area contributed by atoms with E-state index in [4.69, 9.17) is 14.2 Å². The van der Waals surface area contributed by atoms with Crippen LogP contribution in [0.2, 0.25) is 0 Å². The first-order valence-corrected chi connectivity index (χ1v) is 8.99. The molecule has 1 heterocycles. The second-order valence-electron chi connectivity index (χ2n) is 6.41. The molecule has 8 nitrogen and oxygen atoms in total. The molecular weight excluding hydrogens is 374 g/mol. The molecule has 1 N–H and O–H groups in total. The fourth-order valence-corrected chi connectivity index (χ4v) is 3.16. The summed E-state index contributed by atoms with van der Waals surface area (Å²) in [7, 11) is 6.19. The average Bonchev–Trinajstić information content (AvgIpc) is 2.75. The van der Waals surface area contributed by atoms with E-state index in [0.29, 0.717) is 33.7 Å². The molecule has 0 aliphatic heterocycles. The standard InChI is InChI=1S/C21H23N3O5/c1-24-21(26)15-8-6-5-7-14(15)16(23-24)11-19(25)22-12-13-9-17(27-2)20(29-4)18(10-13)28-3/h5-10H,11-12H2,1-4H3,(H,22,25). The van der Waals surface area contributed by atoms with E-state index < -0.39 is 0 Å². The zero-order valence-corrected chi connectivity index (χ0v) is 16.8. The molecule has 0 saturated heterocycles. The number of methoxy groups -OCH3 is 3. The van der Waals surface area contributed by atoms with Crippen LogP contribution < -0.4 is 25.1 Å². The molecule has 0 fully saturated rings. The monoisotopic (exact) mass is 397 g/mol. The maximum Gasteiger partial charge on any atom is 0.274 e. The van der Waals surface area contributed by atoms with Gasteiger partial charge in [-0.25, -0.2) is 4.68 Å². The lowest BCUT2D eigenvalue weighted by Crippen LogP contribution is -2.27. The minimum atomic E-state index is -0.213. The predicted octanol–water partition coefficient (Wildman–Crippen LogP) is 1.82. The molecule has 29 heavy (non-hydrogen) atoms. The highest BCUT2D eigenvalue weighted by molar-refractivity contribution is 5.88. The highest BCUT2D eigenvalue weighted by Gasteiger charge is 2.15. The molecule has 0 spiro atoms. The summed E-state index contributed by atoms with van der Waals surface area (Å²) in [5.41, 5.74) is 1.15. The molecule has 3 aromatic rings. The molecule has 1 amide bonds. The van der Waals surface area contributed by atoms with Gasteiger partial charge in [0.1, 0.15) is 0 Å². The van der Waals surface area contributed by atoms with Gasteiger partial charge in [0.2, 0.25) is 11.7 Å². The van der Waals surface area contributed by atoms with Crippen LogP contribution >= 0.6 is 0 Å². The van der Waals surface area contributed by atoms with Gasteiger partial charge in [-0.2, -0.15) is 5.10 Å². The van der Waals surface area contributed by atoms with Crippen molar-refractivity contribution in [3.8, 4) is 17.2 Å². The van der Waals surface area contributed by atoms with E-state index in [9.17, 15) is 9.59 Å². The summed E-state index contributed by atoms with van der Waals surface area (Å²) in [4.78, 5) is 24.7. The minimum absolute atomic E-state index is 0.0546. The first-order chi connectivity index (χ1) is 14.0. The second kappa shape index (κ2) is 8.64. The number of nitrogens with one attached hydrogen (secondary N) is 1. The lowest BCUT2D eigenvalue weighted by molar-refractivity contribution is -0.120. The smallest absolute Gasteiger partial charge is 0.274 e. The summed E-state index contributed by atoms with van der Waals surface area (Å²) in [6.07, 6.45) is 0.0546. The van der Waals surface area contributed by atoms with E-state index in [-0.39, 0.29) is 24.4 Å². The van der Waals surface area contributed by atoms with Crippen molar-refractivity contribution in [3.05, 3.63) is 58.0 Å². The molecule has 2 aromatic carbocycles. The number of carbonyl (C=O) groups is 1.